The van der Waals surface area contributed by atoms with E-state index in [4.69, 9.17) is 0 Å². The van der Waals surface area contributed by atoms with Gasteiger partial charge in [-0.25, -0.2) is 16.8 Å². The Labute approximate surface area is 97.9 Å². The minimum atomic E-state index is -3.81. The number of unbranched alkanes of at least 4 members (excludes halogenated alkanes) is 2. The summed E-state index contributed by atoms with van der Waals surface area (Å²) >= 11 is 0. The third kappa shape index (κ3) is 4.09. The summed E-state index contributed by atoms with van der Waals surface area (Å²) in [6.45, 7) is 8.24. The molecule has 0 aromatic heterocycles. The molecule has 0 heterocycles. The summed E-state index contributed by atoms with van der Waals surface area (Å²) in [4.78, 5) is 0. The fraction of sp³-hybridized carbons (Fsp3) is 0.600. The maximum Gasteiger partial charge on any atom is 0.188 e. The van der Waals surface area contributed by atoms with Crippen LogP contribution in [0.5, 0.6) is 0 Å². The largest absolute Gasteiger partial charge is 0.223 e. The number of hydrogen-bond acceptors (Lipinski definition) is 4. The first-order valence-corrected chi connectivity index (χ1v) is 8.26. The monoisotopic (exact) mass is 266 g/mol. The highest BCUT2D eigenvalue weighted by Gasteiger charge is 2.32. The topological polar surface area (TPSA) is 68.3 Å². The summed E-state index contributed by atoms with van der Waals surface area (Å²) in [5.74, 6) is 0. The van der Waals surface area contributed by atoms with Gasteiger partial charge in [-0.1, -0.05) is 39.3 Å². The molecule has 0 rings (SSSR count). The lowest BCUT2D eigenvalue weighted by molar-refractivity contribution is 0.571. The van der Waals surface area contributed by atoms with Crippen molar-refractivity contribution in [2.24, 2.45) is 0 Å². The van der Waals surface area contributed by atoms with Gasteiger partial charge in [0.25, 0.3) is 0 Å². The molecule has 16 heavy (non-hydrogen) atoms. The Morgan fingerprint density at radius 3 is 1.75 bits per heavy atom. The van der Waals surface area contributed by atoms with Gasteiger partial charge in [-0.05, 0) is 6.42 Å². The lowest BCUT2D eigenvalue weighted by atomic mass is 10.2. The van der Waals surface area contributed by atoms with Crippen LogP contribution in [0.3, 0.4) is 0 Å². The van der Waals surface area contributed by atoms with E-state index in [0.29, 0.717) is 17.2 Å². The Bertz CT molecular complexity index is 393. The Morgan fingerprint density at radius 1 is 1.00 bits per heavy atom. The molecule has 0 aliphatic rings. The Kier molecular flexibility index (Phi) is 5.96. The summed E-state index contributed by atoms with van der Waals surface area (Å²) in [6.07, 6.45) is 2.35. The molecule has 0 saturated carbocycles. The third-order valence-corrected chi connectivity index (χ3v) is 6.72. The van der Waals surface area contributed by atoms with Gasteiger partial charge in [0.05, 0.1) is 0 Å². The first-order chi connectivity index (χ1) is 7.31. The molecule has 0 saturated heterocycles. The molecule has 0 aliphatic carbocycles. The fourth-order valence-corrected chi connectivity index (χ4v) is 4.68. The molecule has 0 spiro atoms. The molecule has 0 fully saturated rings. The average Bonchev–Trinajstić information content (AvgIpc) is 2.23. The Morgan fingerprint density at radius 2 is 1.44 bits per heavy atom. The first kappa shape index (κ1) is 15.4. The minimum absolute atomic E-state index is 0.0938. The van der Waals surface area contributed by atoms with Gasteiger partial charge in [0.15, 0.2) is 24.3 Å². The lowest BCUT2D eigenvalue weighted by Gasteiger charge is -2.13. The van der Waals surface area contributed by atoms with Crippen molar-refractivity contribution in [3.63, 3.8) is 0 Å². The van der Waals surface area contributed by atoms with Crippen LogP contribution in [0.15, 0.2) is 24.0 Å². The van der Waals surface area contributed by atoms with Crippen molar-refractivity contribution in [1.82, 2.24) is 0 Å². The van der Waals surface area contributed by atoms with E-state index < -0.39 is 24.3 Å². The minimum Gasteiger partial charge on any atom is -0.223 e. The second kappa shape index (κ2) is 6.20. The van der Waals surface area contributed by atoms with Gasteiger partial charge in [0.1, 0.15) is 0 Å². The Hall–Kier alpha value is -0.620. The highest BCUT2D eigenvalue weighted by molar-refractivity contribution is 8.11. The number of rotatable bonds is 8. The normalized spacial score (nSPS) is 12.6. The van der Waals surface area contributed by atoms with Gasteiger partial charge in [-0.15, -0.1) is 0 Å². The van der Waals surface area contributed by atoms with Crippen LogP contribution in [0.2, 0.25) is 0 Å². The van der Waals surface area contributed by atoms with Gasteiger partial charge in [-0.2, -0.15) is 0 Å². The van der Waals surface area contributed by atoms with E-state index in [9.17, 15) is 16.8 Å². The van der Waals surface area contributed by atoms with E-state index in [0.717, 1.165) is 12.8 Å². The molecule has 0 aliphatic heterocycles. The summed E-state index contributed by atoms with van der Waals surface area (Å²) in [5, 5.41) is 1.40. The zero-order valence-electron chi connectivity index (χ0n) is 9.42. The quantitative estimate of drug-likeness (QED) is 0.630. The SMILES string of the molecule is C=CS(=O)(=O)C(CCCCC)S(=O)(=O)C=C. The third-order valence-electron chi connectivity index (χ3n) is 2.24. The summed E-state index contributed by atoms with van der Waals surface area (Å²) < 4.78 is 44.8. The zero-order chi connectivity index (χ0) is 12.8. The fourth-order valence-electron chi connectivity index (χ4n) is 1.29. The predicted octanol–water partition coefficient (Wildman–Crippen LogP) is 2.01. The molecule has 0 radical (unpaired) electrons. The van der Waals surface area contributed by atoms with Crippen LogP contribution in [0.25, 0.3) is 0 Å². The van der Waals surface area contributed by atoms with Crippen molar-refractivity contribution in [2.75, 3.05) is 0 Å². The zero-order valence-corrected chi connectivity index (χ0v) is 11.1. The van der Waals surface area contributed by atoms with Gasteiger partial charge in [-0.3, -0.25) is 0 Å². The number of hydrogen-bond donors (Lipinski definition) is 0. The smallest absolute Gasteiger partial charge is 0.188 e. The van der Waals surface area contributed by atoms with Crippen molar-refractivity contribution in [1.29, 1.82) is 0 Å². The predicted molar refractivity (Wildman–Crippen MR) is 66.2 cm³/mol. The molecule has 0 bridgehead atoms. The molecule has 94 valence electrons. The molecule has 0 aromatic rings. The molecule has 0 N–H and O–H groups in total. The maximum atomic E-state index is 11.6. The molecule has 0 atom stereocenters. The lowest BCUT2D eigenvalue weighted by Crippen LogP contribution is -2.27. The van der Waals surface area contributed by atoms with E-state index >= 15 is 0 Å². The highest BCUT2D eigenvalue weighted by atomic mass is 32.3. The van der Waals surface area contributed by atoms with Crippen LogP contribution < -0.4 is 0 Å². The van der Waals surface area contributed by atoms with Crippen LogP contribution in [0.1, 0.15) is 32.6 Å². The first-order valence-electron chi connectivity index (χ1n) is 5.04. The molecule has 4 nitrogen and oxygen atoms in total. The van der Waals surface area contributed by atoms with Crippen LogP contribution in [0, 0.1) is 0 Å². The summed E-state index contributed by atoms with van der Waals surface area (Å²) in [7, 11) is -7.61. The van der Waals surface area contributed by atoms with Gasteiger partial charge < -0.3 is 0 Å². The standard InChI is InChI=1S/C10H18O4S2/c1-4-7-8-9-10(15(11,12)5-2)16(13,14)6-3/h5-6,10H,2-4,7-9H2,1H3. The molecule has 0 aromatic carbocycles. The van der Waals surface area contributed by atoms with E-state index in [1.165, 1.54) is 0 Å². The van der Waals surface area contributed by atoms with Crippen molar-refractivity contribution in [3.8, 4) is 0 Å². The summed E-state index contributed by atoms with van der Waals surface area (Å²) in [5.41, 5.74) is 0. The van der Waals surface area contributed by atoms with Crippen molar-refractivity contribution >= 4 is 19.7 Å². The molecular weight excluding hydrogens is 248 g/mol. The highest BCUT2D eigenvalue weighted by Crippen LogP contribution is 2.20. The second-order valence-corrected chi connectivity index (χ2v) is 7.90. The van der Waals surface area contributed by atoms with Crippen LogP contribution in [0.4, 0.5) is 0 Å². The van der Waals surface area contributed by atoms with Crippen LogP contribution in [-0.4, -0.2) is 21.4 Å². The molecular formula is C10H18O4S2. The van der Waals surface area contributed by atoms with E-state index in [1.807, 2.05) is 6.92 Å². The van der Waals surface area contributed by atoms with E-state index in [1.54, 1.807) is 0 Å². The van der Waals surface area contributed by atoms with Crippen molar-refractivity contribution in [3.05, 3.63) is 24.0 Å². The van der Waals surface area contributed by atoms with Gasteiger partial charge in [0.2, 0.25) is 0 Å². The Balaban J connectivity index is 5.09. The van der Waals surface area contributed by atoms with Gasteiger partial charge >= 0.3 is 0 Å². The van der Waals surface area contributed by atoms with Crippen molar-refractivity contribution in [2.45, 2.75) is 37.2 Å². The van der Waals surface area contributed by atoms with Crippen LogP contribution in [-0.2, 0) is 19.7 Å². The molecule has 6 heteroatoms. The molecule has 0 amide bonds. The van der Waals surface area contributed by atoms with Crippen LogP contribution >= 0.6 is 0 Å². The maximum absolute atomic E-state index is 11.6. The van der Waals surface area contributed by atoms with Gasteiger partial charge in [0, 0.05) is 10.8 Å². The number of sulfone groups is 2. The average molecular weight is 266 g/mol. The second-order valence-electron chi connectivity index (χ2n) is 3.44. The van der Waals surface area contributed by atoms with E-state index in [2.05, 4.69) is 13.2 Å². The summed E-state index contributed by atoms with van der Waals surface area (Å²) in [6, 6.07) is 0. The van der Waals surface area contributed by atoms with E-state index in [-0.39, 0.29) is 6.42 Å². The molecule has 0 unspecified atom stereocenters. The van der Waals surface area contributed by atoms with Crippen molar-refractivity contribution < 1.29 is 16.8 Å².